The molecule has 0 bridgehead atoms. The standard InChI is InChI=1S/C2H6NO4PS2/c3-2(4)7-1-10-8(5,6)9/h1H2,(H2,3,4)(H2,5,6,9). The third-order valence-electron chi connectivity index (χ3n) is 0.422. The van der Waals surface area contributed by atoms with Crippen LogP contribution in [0.2, 0.25) is 0 Å². The van der Waals surface area contributed by atoms with Crippen LogP contribution in [0.5, 0.6) is 0 Å². The number of carbonyl (C=O) groups is 1. The first kappa shape index (κ1) is 10.2. The highest BCUT2D eigenvalue weighted by molar-refractivity contribution is 8.67. The van der Waals surface area contributed by atoms with Gasteiger partial charge in [0.25, 0.3) is 0 Å². The molecule has 1 amide bonds. The molecule has 0 radical (unpaired) electrons. The van der Waals surface area contributed by atoms with Crippen LogP contribution < -0.4 is 5.73 Å². The summed E-state index contributed by atoms with van der Waals surface area (Å²) in [6, 6.07) is 0. The molecule has 0 aromatic carbocycles. The molecule has 0 saturated carbocycles. The summed E-state index contributed by atoms with van der Waals surface area (Å²) in [6.07, 6.45) is -0.962. The molecule has 0 aliphatic heterocycles. The van der Waals surface area contributed by atoms with Gasteiger partial charge in [-0.05, 0) is 23.2 Å². The SMILES string of the molecule is NC(=O)OCSP(O)(O)=S. The second kappa shape index (κ2) is 4.15. The van der Waals surface area contributed by atoms with Crippen LogP contribution in [0, 0.1) is 0 Å². The monoisotopic (exact) mass is 203 g/mol. The molecule has 0 atom stereocenters. The van der Waals surface area contributed by atoms with Crippen molar-refractivity contribution in [2.24, 2.45) is 5.73 Å². The summed E-state index contributed by atoms with van der Waals surface area (Å²) in [4.78, 5) is 27.0. The number of hydrogen-bond acceptors (Lipinski definition) is 4. The van der Waals surface area contributed by atoms with Crippen molar-refractivity contribution in [3.05, 3.63) is 0 Å². The first-order valence-electron chi connectivity index (χ1n) is 2.04. The summed E-state index contributed by atoms with van der Waals surface area (Å²) in [7, 11) is 0. The molecule has 4 N–H and O–H groups in total. The van der Waals surface area contributed by atoms with Crippen LogP contribution >= 0.6 is 17.1 Å². The lowest BCUT2D eigenvalue weighted by atomic mass is 11.2. The Labute approximate surface area is 66.5 Å². The molecule has 0 heterocycles. The second-order valence-corrected chi connectivity index (χ2v) is 7.20. The van der Waals surface area contributed by atoms with Crippen LogP contribution in [0.15, 0.2) is 0 Å². The smallest absolute Gasteiger partial charge is 0.405 e. The largest absolute Gasteiger partial charge is 0.438 e. The van der Waals surface area contributed by atoms with Crippen molar-refractivity contribution in [2.75, 3.05) is 5.94 Å². The molecular formula is C2H6NO4PS2. The van der Waals surface area contributed by atoms with E-state index < -0.39 is 11.8 Å². The minimum Gasteiger partial charge on any atom is -0.438 e. The molecule has 0 aliphatic carbocycles. The Morgan fingerprint density at radius 3 is 2.60 bits per heavy atom. The van der Waals surface area contributed by atoms with Gasteiger partial charge in [0.05, 0.1) is 0 Å². The zero-order valence-corrected chi connectivity index (χ0v) is 7.29. The van der Waals surface area contributed by atoms with Crippen LogP contribution in [0.25, 0.3) is 0 Å². The maximum Gasteiger partial charge on any atom is 0.405 e. The first-order chi connectivity index (χ1) is 4.42. The van der Waals surface area contributed by atoms with Crippen molar-refractivity contribution < 1.29 is 19.3 Å². The molecule has 5 nitrogen and oxygen atoms in total. The van der Waals surface area contributed by atoms with Gasteiger partial charge in [-0.3, -0.25) is 0 Å². The highest BCUT2D eigenvalue weighted by atomic mass is 32.9. The Balaban J connectivity index is 3.39. The van der Waals surface area contributed by atoms with Crippen molar-refractivity contribution in [3.63, 3.8) is 0 Å². The minimum absolute atomic E-state index is 0.223. The summed E-state index contributed by atoms with van der Waals surface area (Å²) in [5, 5.41) is 0. The topological polar surface area (TPSA) is 92.8 Å². The van der Waals surface area contributed by atoms with Gasteiger partial charge in [0.15, 0.2) is 0 Å². The van der Waals surface area contributed by atoms with E-state index in [0.717, 1.165) is 0 Å². The average Bonchev–Trinajstić information content (AvgIpc) is 1.59. The Bertz CT molecular complexity index is 167. The van der Waals surface area contributed by atoms with Crippen molar-refractivity contribution >= 4 is 35.0 Å². The van der Waals surface area contributed by atoms with Crippen LogP contribution in [0.4, 0.5) is 4.79 Å². The average molecular weight is 203 g/mol. The zero-order valence-electron chi connectivity index (χ0n) is 4.76. The Morgan fingerprint density at radius 2 is 2.30 bits per heavy atom. The predicted octanol–water partition coefficient (Wildman–Crippen LogP) is -0.0185. The first-order valence-corrected chi connectivity index (χ1v) is 6.34. The summed E-state index contributed by atoms with van der Waals surface area (Å²) in [5.41, 5.74) is 1.26. The Kier molecular flexibility index (Phi) is 4.23. The maximum atomic E-state index is 9.89. The van der Waals surface area contributed by atoms with Gasteiger partial charge >= 0.3 is 6.09 Å². The maximum absolute atomic E-state index is 9.89. The summed E-state index contributed by atoms with van der Waals surface area (Å²) in [5.74, 6) is -0.223. The molecule has 0 spiro atoms. The van der Waals surface area contributed by atoms with Crippen molar-refractivity contribution in [1.82, 2.24) is 0 Å². The lowest BCUT2D eigenvalue weighted by Gasteiger charge is -2.04. The van der Waals surface area contributed by atoms with E-state index in [1.165, 1.54) is 0 Å². The zero-order chi connectivity index (χ0) is 8.20. The highest BCUT2D eigenvalue weighted by Crippen LogP contribution is 2.50. The van der Waals surface area contributed by atoms with Crippen LogP contribution in [-0.4, -0.2) is 21.8 Å². The van der Waals surface area contributed by atoms with E-state index in [0.29, 0.717) is 11.4 Å². The van der Waals surface area contributed by atoms with E-state index in [1.54, 1.807) is 0 Å². The van der Waals surface area contributed by atoms with E-state index in [4.69, 9.17) is 9.79 Å². The fourth-order valence-corrected chi connectivity index (χ4v) is 1.42. The van der Waals surface area contributed by atoms with Gasteiger partial charge in [0.1, 0.15) is 5.94 Å². The van der Waals surface area contributed by atoms with Crippen molar-refractivity contribution in [3.8, 4) is 0 Å². The van der Waals surface area contributed by atoms with Crippen molar-refractivity contribution in [1.29, 1.82) is 0 Å². The van der Waals surface area contributed by atoms with E-state index in [2.05, 4.69) is 22.3 Å². The van der Waals surface area contributed by atoms with Gasteiger partial charge in [-0.1, -0.05) is 0 Å². The number of rotatable bonds is 3. The van der Waals surface area contributed by atoms with Gasteiger partial charge in [0.2, 0.25) is 5.69 Å². The molecule has 0 aromatic rings. The molecule has 0 fully saturated rings. The number of hydrogen-bond donors (Lipinski definition) is 3. The molecule has 0 unspecified atom stereocenters. The normalized spacial score (nSPS) is 11.0. The van der Waals surface area contributed by atoms with Gasteiger partial charge in [-0.2, -0.15) is 0 Å². The predicted molar refractivity (Wildman–Crippen MR) is 41.8 cm³/mol. The van der Waals surface area contributed by atoms with Crippen LogP contribution in [0.1, 0.15) is 0 Å². The molecular weight excluding hydrogens is 197 g/mol. The second-order valence-electron chi connectivity index (χ2n) is 1.20. The number of carbonyl (C=O) groups excluding carboxylic acids is 1. The number of primary amides is 1. The van der Waals surface area contributed by atoms with E-state index >= 15 is 0 Å². The van der Waals surface area contributed by atoms with Gasteiger partial charge in [-0.15, -0.1) is 0 Å². The van der Waals surface area contributed by atoms with Gasteiger partial charge in [-0.25, -0.2) is 4.79 Å². The lowest BCUT2D eigenvalue weighted by Crippen LogP contribution is -2.12. The number of ether oxygens (including phenoxy) is 1. The number of amides is 1. The molecule has 10 heavy (non-hydrogen) atoms. The van der Waals surface area contributed by atoms with Gasteiger partial charge in [0, 0.05) is 0 Å². The van der Waals surface area contributed by atoms with Gasteiger partial charge < -0.3 is 20.3 Å². The van der Waals surface area contributed by atoms with E-state index in [9.17, 15) is 4.79 Å². The fraction of sp³-hybridized carbons (Fsp3) is 0.500. The third-order valence-corrected chi connectivity index (χ3v) is 3.26. The molecule has 0 aliphatic rings. The van der Waals surface area contributed by atoms with E-state index in [-0.39, 0.29) is 5.94 Å². The highest BCUT2D eigenvalue weighted by Gasteiger charge is 2.08. The van der Waals surface area contributed by atoms with Crippen LogP contribution in [0.3, 0.4) is 0 Å². The fourth-order valence-electron chi connectivity index (χ4n) is 0.153. The van der Waals surface area contributed by atoms with E-state index in [1.807, 2.05) is 0 Å². The quantitative estimate of drug-likeness (QED) is 0.441. The molecule has 8 heteroatoms. The lowest BCUT2D eigenvalue weighted by molar-refractivity contribution is 0.177. The number of nitrogens with two attached hydrogens (primary N) is 1. The third kappa shape index (κ3) is 8.19. The molecule has 60 valence electrons. The Morgan fingerprint density at radius 1 is 1.80 bits per heavy atom. The molecule has 0 rings (SSSR count). The minimum atomic E-state index is -3.30. The molecule has 0 aromatic heterocycles. The van der Waals surface area contributed by atoms with Crippen molar-refractivity contribution in [2.45, 2.75) is 0 Å². The molecule has 0 saturated heterocycles. The summed E-state index contributed by atoms with van der Waals surface area (Å²) >= 11 is 4.77. The Hall–Kier alpha value is 0.190. The van der Waals surface area contributed by atoms with Crippen LogP contribution in [-0.2, 0) is 16.5 Å². The summed E-state index contributed by atoms with van der Waals surface area (Å²) < 4.78 is 4.16. The summed E-state index contributed by atoms with van der Waals surface area (Å²) in [6.45, 7) is 0.